The molecule has 0 aliphatic carbocycles. The number of pyridine rings is 1. The molecule has 27 heavy (non-hydrogen) atoms. The van der Waals surface area contributed by atoms with Crippen LogP contribution in [-0.2, 0) is 6.54 Å². The average Bonchev–Trinajstić information content (AvgIpc) is 2.66. The van der Waals surface area contributed by atoms with Crippen molar-refractivity contribution in [3.8, 4) is 0 Å². The van der Waals surface area contributed by atoms with E-state index < -0.39 is 0 Å². The van der Waals surface area contributed by atoms with E-state index in [0.717, 1.165) is 35.1 Å². The highest BCUT2D eigenvalue weighted by atomic mass is 32.1. The molecule has 0 aliphatic heterocycles. The van der Waals surface area contributed by atoms with E-state index in [1.807, 2.05) is 44.6 Å². The molecule has 140 valence electrons. The van der Waals surface area contributed by atoms with Crippen LogP contribution in [0.1, 0.15) is 5.56 Å². The zero-order chi connectivity index (χ0) is 19.2. The largest absolute Gasteiger partial charge is 0.343 e. The van der Waals surface area contributed by atoms with Gasteiger partial charge in [0.05, 0.1) is 0 Å². The predicted molar refractivity (Wildman–Crippen MR) is 113 cm³/mol. The fourth-order valence-electron chi connectivity index (χ4n) is 2.81. The molecule has 0 aliphatic rings. The van der Waals surface area contributed by atoms with Crippen LogP contribution in [0, 0.1) is 5.82 Å². The van der Waals surface area contributed by atoms with Gasteiger partial charge in [0, 0.05) is 48.5 Å². The molecular formula is C21H23FN4S. The van der Waals surface area contributed by atoms with Gasteiger partial charge in [0.1, 0.15) is 5.82 Å². The molecule has 6 heteroatoms. The number of aromatic nitrogens is 1. The van der Waals surface area contributed by atoms with Crippen LogP contribution >= 0.6 is 12.2 Å². The summed E-state index contributed by atoms with van der Waals surface area (Å²) in [6.07, 6.45) is 3.62. The Kier molecular flexibility index (Phi) is 6.32. The zero-order valence-electron chi connectivity index (χ0n) is 15.5. The molecule has 0 fully saturated rings. The number of anilines is 1. The Morgan fingerprint density at radius 3 is 2.59 bits per heavy atom. The first-order valence-corrected chi connectivity index (χ1v) is 9.21. The lowest BCUT2D eigenvalue weighted by Gasteiger charge is -2.27. The Morgan fingerprint density at radius 1 is 1.07 bits per heavy atom. The Balaban J connectivity index is 1.79. The summed E-state index contributed by atoms with van der Waals surface area (Å²) >= 11 is 5.70. The third-order valence-electron chi connectivity index (χ3n) is 4.31. The minimum absolute atomic E-state index is 0.233. The van der Waals surface area contributed by atoms with Gasteiger partial charge in [-0.1, -0.05) is 24.3 Å². The van der Waals surface area contributed by atoms with Gasteiger partial charge in [-0.2, -0.15) is 0 Å². The number of likely N-dealkylation sites (N-methyl/N-ethyl adjacent to an activating group) is 1. The second-order valence-corrected chi connectivity index (χ2v) is 7.07. The van der Waals surface area contributed by atoms with Crippen LogP contribution in [0.25, 0.3) is 10.8 Å². The van der Waals surface area contributed by atoms with Crippen molar-refractivity contribution in [2.75, 3.05) is 32.5 Å². The summed E-state index contributed by atoms with van der Waals surface area (Å²) in [5.74, 6) is -0.233. The molecule has 0 saturated heterocycles. The molecule has 1 N–H and O–H groups in total. The zero-order valence-corrected chi connectivity index (χ0v) is 16.3. The first-order valence-electron chi connectivity index (χ1n) is 8.81. The van der Waals surface area contributed by atoms with E-state index in [-0.39, 0.29) is 5.82 Å². The van der Waals surface area contributed by atoms with Gasteiger partial charge in [0.25, 0.3) is 0 Å². The van der Waals surface area contributed by atoms with Crippen molar-refractivity contribution in [3.63, 3.8) is 0 Å². The van der Waals surface area contributed by atoms with Gasteiger partial charge in [0.2, 0.25) is 0 Å². The molecule has 0 bridgehead atoms. The Labute approximate surface area is 164 Å². The number of thiocarbonyl (C=S) groups is 1. The third kappa shape index (κ3) is 5.21. The van der Waals surface area contributed by atoms with Gasteiger partial charge in [-0.05, 0) is 56.1 Å². The van der Waals surface area contributed by atoms with Gasteiger partial charge in [-0.15, -0.1) is 0 Å². The van der Waals surface area contributed by atoms with Crippen molar-refractivity contribution in [2.45, 2.75) is 6.54 Å². The maximum Gasteiger partial charge on any atom is 0.173 e. The van der Waals surface area contributed by atoms with Gasteiger partial charge in [-0.3, -0.25) is 4.98 Å². The lowest BCUT2D eigenvalue weighted by atomic mass is 10.1. The Bertz CT molecular complexity index is 906. The van der Waals surface area contributed by atoms with Gasteiger partial charge >= 0.3 is 0 Å². The molecule has 0 spiro atoms. The van der Waals surface area contributed by atoms with Gasteiger partial charge < -0.3 is 15.1 Å². The molecule has 0 radical (unpaired) electrons. The summed E-state index contributed by atoms with van der Waals surface area (Å²) in [5.41, 5.74) is 1.97. The van der Waals surface area contributed by atoms with E-state index >= 15 is 0 Å². The predicted octanol–water partition coefficient (Wildman–Crippen LogP) is 4.13. The second-order valence-electron chi connectivity index (χ2n) is 6.68. The molecule has 3 rings (SSSR count). The van der Waals surface area contributed by atoms with Crippen LogP contribution in [0.3, 0.4) is 0 Å². The highest BCUT2D eigenvalue weighted by molar-refractivity contribution is 7.80. The number of hydrogen-bond donors (Lipinski definition) is 1. The number of hydrogen-bond acceptors (Lipinski definition) is 3. The average molecular weight is 383 g/mol. The smallest absolute Gasteiger partial charge is 0.173 e. The molecule has 0 amide bonds. The van der Waals surface area contributed by atoms with Crippen molar-refractivity contribution in [1.82, 2.24) is 14.8 Å². The van der Waals surface area contributed by atoms with Crippen LogP contribution in [0.4, 0.5) is 10.1 Å². The van der Waals surface area contributed by atoms with Gasteiger partial charge in [-0.25, -0.2) is 4.39 Å². The minimum Gasteiger partial charge on any atom is -0.343 e. The minimum atomic E-state index is -0.233. The maximum absolute atomic E-state index is 13.2. The number of benzene rings is 2. The monoisotopic (exact) mass is 382 g/mol. The van der Waals surface area contributed by atoms with Crippen LogP contribution < -0.4 is 5.32 Å². The fraction of sp³-hybridized carbons (Fsp3) is 0.238. The summed E-state index contributed by atoms with van der Waals surface area (Å²) in [6, 6.07) is 14.6. The highest BCUT2D eigenvalue weighted by Crippen LogP contribution is 2.22. The standard InChI is InChI=1S/C21H23FN4S/c1-25(2)12-13-26(15-16-6-8-18(22)9-7-16)21(27)24-20-5-3-4-17-14-23-11-10-19(17)20/h3-11,14H,12-13,15H2,1-2H3,(H,24,27). The topological polar surface area (TPSA) is 31.4 Å². The van der Waals surface area contributed by atoms with Crippen molar-refractivity contribution >= 4 is 33.8 Å². The van der Waals surface area contributed by atoms with Crippen LogP contribution in [0.15, 0.2) is 60.9 Å². The molecule has 1 aromatic heterocycles. The molecule has 0 saturated carbocycles. The number of rotatable bonds is 6. The van der Waals surface area contributed by atoms with E-state index in [9.17, 15) is 4.39 Å². The molecule has 4 nitrogen and oxygen atoms in total. The van der Waals surface area contributed by atoms with E-state index in [0.29, 0.717) is 11.7 Å². The number of fused-ring (bicyclic) bond motifs is 1. The molecule has 3 aromatic rings. The normalized spacial score (nSPS) is 11.0. The summed E-state index contributed by atoms with van der Waals surface area (Å²) in [7, 11) is 4.06. The van der Waals surface area contributed by atoms with E-state index in [2.05, 4.69) is 20.1 Å². The summed E-state index contributed by atoms with van der Waals surface area (Å²) in [4.78, 5) is 8.39. The van der Waals surface area contributed by atoms with Crippen molar-refractivity contribution < 1.29 is 4.39 Å². The lowest BCUT2D eigenvalue weighted by Crippen LogP contribution is -2.38. The summed E-state index contributed by atoms with van der Waals surface area (Å²) in [5, 5.41) is 6.15. The molecule has 0 atom stereocenters. The lowest BCUT2D eigenvalue weighted by molar-refractivity contribution is 0.328. The third-order valence-corrected chi connectivity index (χ3v) is 4.67. The van der Waals surface area contributed by atoms with Crippen molar-refractivity contribution in [3.05, 3.63) is 72.3 Å². The van der Waals surface area contributed by atoms with Crippen LogP contribution in [0.5, 0.6) is 0 Å². The molecule has 0 unspecified atom stereocenters. The number of nitrogens with zero attached hydrogens (tertiary/aromatic N) is 3. The van der Waals surface area contributed by atoms with Gasteiger partial charge in [0.15, 0.2) is 5.11 Å². The first kappa shape index (κ1) is 19.2. The summed E-state index contributed by atoms with van der Waals surface area (Å²) in [6.45, 7) is 2.25. The second kappa shape index (κ2) is 8.88. The van der Waals surface area contributed by atoms with Crippen LogP contribution in [-0.4, -0.2) is 47.1 Å². The van der Waals surface area contributed by atoms with Crippen LogP contribution in [0.2, 0.25) is 0 Å². The number of halogens is 1. The highest BCUT2D eigenvalue weighted by Gasteiger charge is 2.12. The van der Waals surface area contributed by atoms with Crippen molar-refractivity contribution in [2.24, 2.45) is 0 Å². The molecular weight excluding hydrogens is 359 g/mol. The SMILES string of the molecule is CN(C)CCN(Cc1ccc(F)cc1)C(=S)Nc1cccc2cnccc12. The van der Waals surface area contributed by atoms with E-state index in [1.165, 1.54) is 12.1 Å². The molecule has 1 heterocycles. The quantitative estimate of drug-likeness (QED) is 0.648. The maximum atomic E-state index is 13.2. The molecule has 2 aromatic carbocycles. The van der Waals surface area contributed by atoms with Crippen molar-refractivity contribution in [1.29, 1.82) is 0 Å². The number of nitrogens with one attached hydrogen (secondary N) is 1. The summed E-state index contributed by atoms with van der Waals surface area (Å²) < 4.78 is 13.2. The van der Waals surface area contributed by atoms with E-state index in [4.69, 9.17) is 12.2 Å². The fourth-order valence-corrected chi connectivity index (χ4v) is 3.07. The Hall–Kier alpha value is -2.57. The Morgan fingerprint density at radius 2 is 1.85 bits per heavy atom. The van der Waals surface area contributed by atoms with E-state index in [1.54, 1.807) is 18.3 Å². The first-order chi connectivity index (χ1) is 13.0.